The number of fused-ring (bicyclic) bond motifs is 4. The molecular weight excluding hydrogens is 611 g/mol. The molecule has 2 aliphatic carbocycles. The van der Waals surface area contributed by atoms with Crippen molar-refractivity contribution in [1.29, 1.82) is 0 Å². The zero-order valence-corrected chi connectivity index (χ0v) is 28.9. The van der Waals surface area contributed by atoms with Crippen LogP contribution in [-0.2, 0) is 26.3 Å². The molecule has 5 aromatic rings. The molecular formula is C35H45N9O2S. The lowest BCUT2D eigenvalue weighted by atomic mass is 10.0. The van der Waals surface area contributed by atoms with Crippen LogP contribution in [0.3, 0.4) is 0 Å². The molecule has 0 spiro atoms. The largest absolute Gasteiger partial charge is 0.331 e. The zero-order valence-electron chi connectivity index (χ0n) is 28.1. The zero-order chi connectivity index (χ0) is 33.9. The van der Waals surface area contributed by atoms with E-state index in [1.165, 1.54) is 40.3 Å². The van der Waals surface area contributed by atoms with Crippen LogP contribution in [0.1, 0.15) is 103 Å². The summed E-state index contributed by atoms with van der Waals surface area (Å²) in [5.41, 5.74) is 7.81. The average Bonchev–Trinajstić information content (AvgIpc) is 3.91. The number of nitrogens with two attached hydrogens (primary N) is 1. The summed E-state index contributed by atoms with van der Waals surface area (Å²) in [5.74, 6) is 5.62. The number of thiazole rings is 1. The molecule has 2 amide bonds. The smallest absolute Gasteiger partial charge is 0.261 e. The lowest BCUT2D eigenvalue weighted by Gasteiger charge is -2.14. The Morgan fingerprint density at radius 3 is 2.43 bits per heavy atom. The van der Waals surface area contributed by atoms with E-state index in [9.17, 15) is 9.59 Å². The molecule has 0 saturated carbocycles. The number of para-hydroxylation sites is 1. The molecule has 12 heteroatoms. The Morgan fingerprint density at radius 1 is 1.02 bits per heavy atom. The third-order valence-electron chi connectivity index (χ3n) is 7.87. The Morgan fingerprint density at radius 2 is 1.74 bits per heavy atom. The molecule has 47 heavy (non-hydrogen) atoms. The number of carbonyl (C=O) groups is 2. The highest BCUT2D eigenvalue weighted by Gasteiger charge is 2.25. The van der Waals surface area contributed by atoms with Crippen LogP contribution in [0.2, 0.25) is 0 Å². The van der Waals surface area contributed by atoms with Gasteiger partial charge in [-0.3, -0.25) is 19.3 Å². The monoisotopic (exact) mass is 655 g/mol. The minimum Gasteiger partial charge on any atom is -0.331 e. The SMILES string of the molecule is CC.CC1CCc2c1cc(C(=O)Nc1ccccc1)/c(=N/N)n2C.CCC.O=C(Nc1nccs1)c1cc2c(n3cnnc13)CCC2. The number of hydrogen-bond acceptors (Lipinski definition) is 8. The first-order valence-electron chi connectivity index (χ1n) is 16.2. The van der Waals surface area contributed by atoms with Gasteiger partial charge in [-0.2, -0.15) is 5.10 Å². The molecule has 248 valence electrons. The summed E-state index contributed by atoms with van der Waals surface area (Å²) in [7, 11) is 1.92. The molecule has 1 unspecified atom stereocenters. The highest BCUT2D eigenvalue weighted by atomic mass is 32.1. The van der Waals surface area contributed by atoms with E-state index in [0.717, 1.165) is 37.8 Å². The highest BCUT2D eigenvalue weighted by molar-refractivity contribution is 7.13. The quantitative estimate of drug-likeness (QED) is 0.150. The van der Waals surface area contributed by atoms with Gasteiger partial charge >= 0.3 is 0 Å². The Balaban J connectivity index is 0.000000188. The van der Waals surface area contributed by atoms with Gasteiger partial charge in [-0.1, -0.05) is 59.2 Å². The summed E-state index contributed by atoms with van der Waals surface area (Å²) in [6.45, 7) is 10.4. The van der Waals surface area contributed by atoms with E-state index >= 15 is 0 Å². The molecule has 0 saturated heterocycles. The van der Waals surface area contributed by atoms with Gasteiger partial charge in [-0.15, -0.1) is 21.5 Å². The molecule has 0 radical (unpaired) electrons. The number of aryl methyl sites for hydroxylation is 2. The maximum Gasteiger partial charge on any atom is 0.261 e. The van der Waals surface area contributed by atoms with Gasteiger partial charge in [0, 0.05) is 35.7 Å². The second-order valence-corrected chi connectivity index (χ2v) is 12.0. The summed E-state index contributed by atoms with van der Waals surface area (Å²) in [4.78, 5) is 29.1. The van der Waals surface area contributed by atoms with Crippen molar-refractivity contribution in [3.63, 3.8) is 0 Å². The van der Waals surface area contributed by atoms with Crippen molar-refractivity contribution in [2.75, 3.05) is 10.6 Å². The van der Waals surface area contributed by atoms with Gasteiger partial charge in [0.05, 0.1) is 11.1 Å². The number of rotatable bonds is 4. The minimum atomic E-state index is -0.187. The first-order chi connectivity index (χ1) is 22.9. The number of anilines is 2. The van der Waals surface area contributed by atoms with E-state index in [1.807, 2.05) is 77.7 Å². The van der Waals surface area contributed by atoms with Crippen LogP contribution in [0.15, 0.2) is 65.5 Å². The Bertz CT molecular complexity index is 1860. The Hall–Kier alpha value is -4.84. The van der Waals surface area contributed by atoms with Crippen LogP contribution in [0.4, 0.5) is 10.8 Å². The molecule has 0 fully saturated rings. The van der Waals surface area contributed by atoms with Gasteiger partial charge in [-0.05, 0) is 73.4 Å². The number of nitrogens with one attached hydrogen (secondary N) is 2. The van der Waals surface area contributed by atoms with E-state index in [4.69, 9.17) is 5.84 Å². The molecule has 2 aliphatic rings. The lowest BCUT2D eigenvalue weighted by molar-refractivity contribution is 0.101. The second-order valence-electron chi connectivity index (χ2n) is 11.1. The molecule has 0 bridgehead atoms. The van der Waals surface area contributed by atoms with Gasteiger partial charge in [-0.25, -0.2) is 4.98 Å². The normalized spacial score (nSPS) is 14.4. The first-order valence-corrected chi connectivity index (χ1v) is 17.1. The number of amides is 2. The van der Waals surface area contributed by atoms with E-state index in [-0.39, 0.29) is 11.8 Å². The maximum atomic E-state index is 12.6. The van der Waals surface area contributed by atoms with Gasteiger partial charge in [0.25, 0.3) is 11.8 Å². The van der Waals surface area contributed by atoms with E-state index in [1.54, 1.807) is 12.5 Å². The summed E-state index contributed by atoms with van der Waals surface area (Å²) < 4.78 is 3.87. The van der Waals surface area contributed by atoms with Crippen LogP contribution in [0.25, 0.3) is 5.65 Å². The van der Waals surface area contributed by atoms with Gasteiger partial charge in [0.2, 0.25) is 0 Å². The Labute approximate surface area is 280 Å². The number of benzene rings is 1. The predicted molar refractivity (Wildman–Crippen MR) is 189 cm³/mol. The number of nitrogens with zero attached hydrogens (tertiary/aromatic N) is 6. The molecule has 11 nitrogen and oxygen atoms in total. The van der Waals surface area contributed by atoms with Crippen LogP contribution in [0.5, 0.6) is 0 Å². The third kappa shape index (κ3) is 7.94. The van der Waals surface area contributed by atoms with Crippen molar-refractivity contribution in [1.82, 2.24) is 24.1 Å². The number of aromatic nitrogens is 5. The van der Waals surface area contributed by atoms with Crippen LogP contribution in [-0.4, -0.2) is 36.0 Å². The molecule has 4 aromatic heterocycles. The summed E-state index contributed by atoms with van der Waals surface area (Å²) in [6.07, 6.45) is 9.81. The van der Waals surface area contributed by atoms with Crippen molar-refractivity contribution < 1.29 is 9.59 Å². The van der Waals surface area contributed by atoms with Crippen molar-refractivity contribution in [2.24, 2.45) is 18.0 Å². The Kier molecular flexibility index (Phi) is 12.4. The predicted octanol–water partition coefficient (Wildman–Crippen LogP) is 6.47. The molecule has 1 atom stereocenters. The van der Waals surface area contributed by atoms with Crippen molar-refractivity contribution >= 4 is 39.6 Å². The first kappa shape index (κ1) is 35.0. The summed E-state index contributed by atoms with van der Waals surface area (Å²) in [5, 5.41) is 20.0. The lowest BCUT2D eigenvalue weighted by Crippen LogP contribution is -2.32. The van der Waals surface area contributed by atoms with Gasteiger partial charge in [0.15, 0.2) is 16.3 Å². The average molecular weight is 656 g/mol. The van der Waals surface area contributed by atoms with Crippen molar-refractivity contribution in [3.8, 4) is 0 Å². The fourth-order valence-electron chi connectivity index (χ4n) is 5.75. The number of pyridine rings is 2. The van der Waals surface area contributed by atoms with Crippen LogP contribution < -0.4 is 22.0 Å². The van der Waals surface area contributed by atoms with Crippen molar-refractivity contribution in [3.05, 3.63) is 99.5 Å². The maximum absolute atomic E-state index is 12.6. The second kappa shape index (κ2) is 16.6. The fourth-order valence-corrected chi connectivity index (χ4v) is 6.27. The van der Waals surface area contributed by atoms with Crippen LogP contribution >= 0.6 is 11.3 Å². The third-order valence-corrected chi connectivity index (χ3v) is 8.55. The minimum absolute atomic E-state index is 0.187. The molecule has 4 heterocycles. The standard InChI is InChI=1S/C17H20N4O.C13H11N5OS.C3H8.C2H6/c1-11-8-9-15-13(11)10-14(16(20-18)21(15)2)17(22)19-12-6-4-3-5-7-12;19-12(16-13-14-4-5-20-13)9-6-8-2-1-3-10(8)18-7-15-17-11(9)18;1-3-2;1-2/h3-7,10-11H,8-9,18H2,1-2H3,(H,19,22);4-7H,1-3H2,(H,14,16,19);3H2,1-2H3;1-2H3/b20-16-;;;. The molecule has 0 aliphatic heterocycles. The molecule has 4 N–H and O–H groups in total. The fraction of sp³-hybridized carbons (Fsp3) is 0.371. The number of carbonyl (C=O) groups excluding carboxylic acids is 2. The summed E-state index contributed by atoms with van der Waals surface area (Å²) >= 11 is 1.39. The van der Waals surface area contributed by atoms with Crippen LogP contribution in [0, 0.1) is 0 Å². The highest BCUT2D eigenvalue weighted by Crippen LogP contribution is 2.32. The van der Waals surface area contributed by atoms with E-state index in [0.29, 0.717) is 33.3 Å². The van der Waals surface area contributed by atoms with E-state index < -0.39 is 0 Å². The van der Waals surface area contributed by atoms with Crippen molar-refractivity contribution in [2.45, 2.75) is 79.1 Å². The topological polar surface area (TPSA) is 145 Å². The van der Waals surface area contributed by atoms with Gasteiger partial charge < -0.3 is 15.7 Å². The summed E-state index contributed by atoms with van der Waals surface area (Å²) in [6, 6.07) is 13.3. The van der Waals surface area contributed by atoms with E-state index in [2.05, 4.69) is 51.7 Å². The number of hydrogen-bond donors (Lipinski definition) is 3. The molecule has 1 aromatic carbocycles. The molecule has 7 rings (SSSR count). The van der Waals surface area contributed by atoms with Gasteiger partial charge in [0.1, 0.15) is 6.33 Å².